The summed E-state index contributed by atoms with van der Waals surface area (Å²) in [6.07, 6.45) is 0.777. The molecule has 5 aromatic rings. The molecule has 186 valence electrons. The normalized spacial score (nSPS) is 10.8. The molecule has 0 unspecified atom stereocenters. The van der Waals surface area contributed by atoms with Crippen LogP contribution in [0.25, 0.3) is 15.5 Å². The fourth-order valence-electron chi connectivity index (χ4n) is 3.63. The van der Waals surface area contributed by atoms with Crippen molar-refractivity contribution in [3.63, 3.8) is 0 Å². The molecule has 3 aromatic carbocycles. The van der Waals surface area contributed by atoms with Gasteiger partial charge < -0.3 is 10.1 Å². The van der Waals surface area contributed by atoms with E-state index in [1.54, 1.807) is 22.7 Å². The first-order valence-electron chi connectivity index (χ1n) is 11.8. The molecule has 0 aliphatic rings. The molecule has 10 heteroatoms. The Morgan fingerprint density at radius 2 is 1.81 bits per heavy atom. The third-order valence-corrected chi connectivity index (χ3v) is 6.79. The van der Waals surface area contributed by atoms with Gasteiger partial charge in [-0.3, -0.25) is 10.1 Å². The van der Waals surface area contributed by atoms with Crippen molar-refractivity contribution >= 4 is 39.5 Å². The largest absolute Gasteiger partial charge is 0.489 e. The van der Waals surface area contributed by atoms with Crippen molar-refractivity contribution in [1.29, 1.82) is 0 Å². The lowest BCUT2D eigenvalue weighted by Crippen LogP contribution is -2.38. The molecule has 2 N–H and O–H groups in total. The van der Waals surface area contributed by atoms with Crippen molar-refractivity contribution in [2.75, 3.05) is 0 Å². The van der Waals surface area contributed by atoms with E-state index < -0.39 is 0 Å². The van der Waals surface area contributed by atoms with E-state index in [1.165, 1.54) is 11.3 Å². The zero-order chi connectivity index (χ0) is 25.6. The van der Waals surface area contributed by atoms with E-state index in [2.05, 4.69) is 25.9 Å². The summed E-state index contributed by atoms with van der Waals surface area (Å²) < 4.78 is 7.61. The lowest BCUT2D eigenvalue weighted by molar-refractivity contribution is 0.0976. The number of nitrogens with one attached hydrogen (secondary N) is 2. The molecule has 5 rings (SSSR count). The number of thiocarbonyl (C=S) groups is 1. The van der Waals surface area contributed by atoms with E-state index in [9.17, 15) is 4.79 Å². The van der Waals surface area contributed by atoms with E-state index in [4.69, 9.17) is 17.0 Å². The molecule has 0 aliphatic heterocycles. The highest BCUT2D eigenvalue weighted by Crippen LogP contribution is 2.25. The third kappa shape index (κ3) is 5.99. The maximum Gasteiger partial charge on any atom is 0.257 e. The molecule has 0 saturated heterocycles. The zero-order valence-corrected chi connectivity index (χ0v) is 21.7. The van der Waals surface area contributed by atoms with Crippen LogP contribution in [0.3, 0.4) is 0 Å². The van der Waals surface area contributed by atoms with Crippen LogP contribution in [0, 0.1) is 0 Å². The number of aryl methyl sites for hydroxylation is 1. The van der Waals surface area contributed by atoms with Gasteiger partial charge in [0.1, 0.15) is 17.4 Å². The quantitative estimate of drug-likeness (QED) is 0.280. The highest BCUT2D eigenvalue weighted by Gasteiger charge is 2.12. The number of rotatable bonds is 8. The molecule has 0 bridgehead atoms. The first kappa shape index (κ1) is 24.5. The molecule has 1 amide bonds. The van der Waals surface area contributed by atoms with Gasteiger partial charge in [-0.15, -0.1) is 10.2 Å². The van der Waals surface area contributed by atoms with Crippen molar-refractivity contribution in [3.05, 3.63) is 101 Å². The Labute approximate surface area is 223 Å². The highest BCUT2D eigenvalue weighted by molar-refractivity contribution is 7.80. The number of aromatic nitrogens is 4. The van der Waals surface area contributed by atoms with Gasteiger partial charge in [0.2, 0.25) is 4.96 Å². The monoisotopic (exact) mass is 528 g/mol. The average molecular weight is 529 g/mol. The van der Waals surface area contributed by atoms with Gasteiger partial charge >= 0.3 is 0 Å². The van der Waals surface area contributed by atoms with Crippen LogP contribution < -0.4 is 15.4 Å². The van der Waals surface area contributed by atoms with Gasteiger partial charge in [0.15, 0.2) is 10.9 Å². The van der Waals surface area contributed by atoms with E-state index >= 15 is 0 Å². The number of amides is 1. The molecule has 37 heavy (non-hydrogen) atoms. The first-order chi connectivity index (χ1) is 18.1. The first-order valence-corrected chi connectivity index (χ1v) is 13.0. The van der Waals surface area contributed by atoms with Gasteiger partial charge in [0, 0.05) is 24.1 Å². The van der Waals surface area contributed by atoms with Crippen molar-refractivity contribution in [3.8, 4) is 16.3 Å². The fourth-order valence-corrected chi connectivity index (χ4v) is 4.66. The summed E-state index contributed by atoms with van der Waals surface area (Å²) in [7, 11) is 0. The maximum absolute atomic E-state index is 12.7. The fraction of sp³-hybridized carbons (Fsp3) is 0.148. The lowest BCUT2D eigenvalue weighted by Gasteiger charge is -2.11. The van der Waals surface area contributed by atoms with Crippen LogP contribution >= 0.6 is 23.6 Å². The summed E-state index contributed by atoms with van der Waals surface area (Å²) in [5.74, 6) is 1.17. The van der Waals surface area contributed by atoms with Crippen LogP contribution in [0.1, 0.15) is 34.2 Å². The average Bonchev–Trinajstić information content (AvgIpc) is 3.53. The van der Waals surface area contributed by atoms with E-state index in [-0.39, 0.29) is 11.0 Å². The topological polar surface area (TPSA) is 93.4 Å². The van der Waals surface area contributed by atoms with Gasteiger partial charge in [-0.1, -0.05) is 78.9 Å². The van der Waals surface area contributed by atoms with Crippen LogP contribution in [0.4, 0.5) is 0 Å². The second kappa shape index (κ2) is 11.3. The molecular weight excluding hydrogens is 504 g/mol. The van der Waals surface area contributed by atoms with Gasteiger partial charge in [0.05, 0.1) is 0 Å². The van der Waals surface area contributed by atoms with Crippen LogP contribution in [-0.4, -0.2) is 30.8 Å². The molecule has 0 fully saturated rings. The Bertz CT molecular complexity index is 1530. The lowest BCUT2D eigenvalue weighted by atomic mass is 10.1. The number of ether oxygens (including phenoxy) is 1. The van der Waals surface area contributed by atoms with Crippen molar-refractivity contribution < 1.29 is 9.53 Å². The zero-order valence-electron chi connectivity index (χ0n) is 20.0. The standard InChI is InChI=1S/C27H24N6O2S2/c1-2-23-30-31-27-33(23)32-25(37-27)20-13-11-18(12-14-20)16-28-26(36)29-24(34)21-9-6-10-22(15-21)35-17-19-7-4-3-5-8-19/h3-15H,2,16-17H2,1H3,(H2,28,29,34,36). The van der Waals surface area contributed by atoms with E-state index in [1.807, 2.05) is 67.6 Å². The molecule has 8 nitrogen and oxygen atoms in total. The Kier molecular flexibility index (Phi) is 7.48. The van der Waals surface area contributed by atoms with Crippen LogP contribution in [0.15, 0.2) is 78.9 Å². The maximum atomic E-state index is 12.7. The predicted octanol–water partition coefficient (Wildman–Crippen LogP) is 4.80. The highest BCUT2D eigenvalue weighted by atomic mass is 32.1. The number of hydrogen-bond acceptors (Lipinski definition) is 7. The predicted molar refractivity (Wildman–Crippen MR) is 148 cm³/mol. The Morgan fingerprint density at radius 1 is 1.00 bits per heavy atom. The molecule has 0 aliphatic carbocycles. The van der Waals surface area contributed by atoms with Gasteiger partial charge in [-0.05, 0) is 41.5 Å². The number of carbonyl (C=O) groups is 1. The second-order valence-electron chi connectivity index (χ2n) is 8.21. The summed E-state index contributed by atoms with van der Waals surface area (Å²) in [6.45, 7) is 2.94. The number of benzene rings is 3. The van der Waals surface area contributed by atoms with Gasteiger partial charge in [-0.2, -0.15) is 9.61 Å². The third-order valence-electron chi connectivity index (χ3n) is 5.60. The summed E-state index contributed by atoms with van der Waals surface area (Å²) in [4.78, 5) is 13.5. The minimum atomic E-state index is -0.298. The van der Waals surface area contributed by atoms with Crippen LogP contribution in [-0.2, 0) is 19.6 Å². The van der Waals surface area contributed by atoms with Gasteiger partial charge in [0.25, 0.3) is 5.91 Å². The van der Waals surface area contributed by atoms with Crippen molar-refractivity contribution in [2.24, 2.45) is 0 Å². The number of fused-ring (bicyclic) bond motifs is 1. The number of carbonyl (C=O) groups excluding carboxylic acids is 1. The number of nitrogens with zero attached hydrogens (tertiary/aromatic N) is 4. The summed E-state index contributed by atoms with van der Waals surface area (Å²) >= 11 is 6.84. The molecular formula is C27H24N6O2S2. The molecule has 0 radical (unpaired) electrons. The second-order valence-corrected chi connectivity index (χ2v) is 9.57. The van der Waals surface area contributed by atoms with Crippen molar-refractivity contribution in [1.82, 2.24) is 30.4 Å². The minimum absolute atomic E-state index is 0.255. The molecule has 0 atom stereocenters. The van der Waals surface area contributed by atoms with E-state index in [0.29, 0.717) is 24.5 Å². The minimum Gasteiger partial charge on any atom is -0.489 e. The Hall–Kier alpha value is -4.15. The van der Waals surface area contributed by atoms with E-state index in [0.717, 1.165) is 38.9 Å². The Morgan fingerprint density at radius 3 is 2.59 bits per heavy atom. The number of hydrogen-bond donors (Lipinski definition) is 2. The SMILES string of the molecule is CCc1nnc2sc(-c3ccc(CNC(=S)NC(=O)c4cccc(OCc5ccccc5)c4)cc3)nn12. The molecule has 0 saturated carbocycles. The molecule has 0 spiro atoms. The van der Waals surface area contributed by atoms with Crippen molar-refractivity contribution in [2.45, 2.75) is 26.5 Å². The summed E-state index contributed by atoms with van der Waals surface area (Å²) in [5.41, 5.74) is 3.55. The summed E-state index contributed by atoms with van der Waals surface area (Å²) in [6, 6.07) is 24.9. The molecule has 2 heterocycles. The van der Waals surface area contributed by atoms with Crippen LogP contribution in [0.5, 0.6) is 5.75 Å². The van der Waals surface area contributed by atoms with Gasteiger partial charge in [-0.25, -0.2) is 0 Å². The Balaban J connectivity index is 1.13. The smallest absolute Gasteiger partial charge is 0.257 e. The summed E-state index contributed by atoms with van der Waals surface area (Å²) in [5, 5.41) is 19.9. The molecule has 2 aromatic heterocycles. The van der Waals surface area contributed by atoms with Crippen LogP contribution in [0.2, 0.25) is 0 Å².